The van der Waals surface area contributed by atoms with Gasteiger partial charge in [-0.3, -0.25) is 9.36 Å². The van der Waals surface area contributed by atoms with E-state index in [0.29, 0.717) is 6.61 Å². The second kappa shape index (κ2) is 7.76. The van der Waals surface area contributed by atoms with Crippen molar-refractivity contribution in [3.8, 4) is 5.75 Å². The van der Waals surface area contributed by atoms with Crippen molar-refractivity contribution in [1.29, 1.82) is 0 Å². The van der Waals surface area contributed by atoms with E-state index < -0.39 is 0 Å². The van der Waals surface area contributed by atoms with Crippen LogP contribution in [0.2, 0.25) is 0 Å². The minimum Gasteiger partial charge on any atom is -0.489 e. The summed E-state index contributed by atoms with van der Waals surface area (Å²) in [5.74, 6) is 1.59. The summed E-state index contributed by atoms with van der Waals surface area (Å²) >= 11 is 0. The summed E-state index contributed by atoms with van der Waals surface area (Å²) in [5, 5.41) is 3.32. The average Bonchev–Trinajstić information content (AvgIpc) is 3.15. The number of carbonyl (C=O) groups excluding carboxylic acids is 1. The Morgan fingerprint density at radius 1 is 1.00 bits per heavy atom. The van der Waals surface area contributed by atoms with Crippen molar-refractivity contribution in [2.45, 2.75) is 26.5 Å². The van der Waals surface area contributed by atoms with Crippen LogP contribution in [0.3, 0.4) is 0 Å². The molecule has 1 aliphatic heterocycles. The highest BCUT2D eigenvalue weighted by molar-refractivity contribution is 5.97. The van der Waals surface area contributed by atoms with Crippen molar-refractivity contribution < 1.29 is 9.53 Å². The number of rotatable bonds is 5. The highest BCUT2D eigenvalue weighted by Crippen LogP contribution is 2.39. The molecule has 1 atom stereocenters. The summed E-state index contributed by atoms with van der Waals surface area (Å²) in [4.78, 5) is 17.4. The Balaban J connectivity index is 1.52. The molecule has 0 bridgehead atoms. The normalized spacial score (nSPS) is 15.5. The Labute approximate surface area is 181 Å². The van der Waals surface area contributed by atoms with Crippen LogP contribution in [0.5, 0.6) is 5.75 Å². The summed E-state index contributed by atoms with van der Waals surface area (Å²) in [5.41, 5.74) is 5.61. The quantitative estimate of drug-likeness (QED) is 0.473. The number of imidazole rings is 1. The minimum absolute atomic E-state index is 0.0443. The van der Waals surface area contributed by atoms with Crippen molar-refractivity contribution in [2.24, 2.45) is 0 Å². The average molecular weight is 409 g/mol. The Morgan fingerprint density at radius 3 is 2.45 bits per heavy atom. The molecule has 5 heteroatoms. The molecule has 0 spiro atoms. The number of anilines is 1. The molecule has 1 N–H and O–H groups in total. The zero-order chi connectivity index (χ0) is 21.4. The van der Waals surface area contributed by atoms with Gasteiger partial charge in [0, 0.05) is 11.3 Å². The van der Waals surface area contributed by atoms with E-state index in [2.05, 4.69) is 9.88 Å². The van der Waals surface area contributed by atoms with Crippen LogP contribution in [0.1, 0.15) is 31.0 Å². The highest BCUT2D eigenvalue weighted by Gasteiger charge is 2.32. The van der Waals surface area contributed by atoms with Crippen molar-refractivity contribution in [3.05, 3.63) is 101 Å². The molecule has 4 aromatic rings. The van der Waals surface area contributed by atoms with Gasteiger partial charge in [-0.25, -0.2) is 4.98 Å². The lowest BCUT2D eigenvalue weighted by Crippen LogP contribution is -2.26. The number of para-hydroxylation sites is 2. The van der Waals surface area contributed by atoms with Crippen LogP contribution in [0.4, 0.5) is 5.95 Å². The summed E-state index contributed by atoms with van der Waals surface area (Å²) in [6, 6.07) is 25.8. The molecule has 2 heterocycles. The van der Waals surface area contributed by atoms with Crippen molar-refractivity contribution in [1.82, 2.24) is 9.55 Å². The first-order chi connectivity index (χ1) is 15.1. The number of aromatic nitrogens is 2. The van der Waals surface area contributed by atoms with Crippen LogP contribution in [0, 0.1) is 0 Å². The van der Waals surface area contributed by atoms with Gasteiger partial charge in [0.25, 0.3) is 0 Å². The van der Waals surface area contributed by atoms with Crippen LogP contribution in [-0.2, 0) is 11.4 Å². The van der Waals surface area contributed by atoms with Gasteiger partial charge >= 0.3 is 0 Å². The van der Waals surface area contributed by atoms with Crippen LogP contribution in [0.15, 0.2) is 90.1 Å². The maximum absolute atomic E-state index is 12.6. The minimum atomic E-state index is -0.246. The zero-order valence-electron chi connectivity index (χ0n) is 17.5. The van der Waals surface area contributed by atoms with Crippen molar-refractivity contribution >= 4 is 22.8 Å². The van der Waals surface area contributed by atoms with Crippen molar-refractivity contribution in [3.63, 3.8) is 0 Å². The second-order valence-electron chi connectivity index (χ2n) is 7.76. The number of hydrogen-bond acceptors (Lipinski definition) is 4. The van der Waals surface area contributed by atoms with E-state index in [1.54, 1.807) is 6.92 Å². The maximum atomic E-state index is 12.6. The van der Waals surface area contributed by atoms with Crippen LogP contribution in [-0.4, -0.2) is 15.3 Å². The number of fused-ring (bicyclic) bond motifs is 3. The monoisotopic (exact) mass is 409 g/mol. The van der Waals surface area contributed by atoms with Gasteiger partial charge in [-0.15, -0.1) is 0 Å². The lowest BCUT2D eigenvalue weighted by molar-refractivity contribution is -0.114. The van der Waals surface area contributed by atoms with Crippen LogP contribution < -0.4 is 10.1 Å². The molecule has 0 saturated heterocycles. The van der Waals surface area contributed by atoms with Gasteiger partial charge in [0.15, 0.2) is 5.78 Å². The summed E-state index contributed by atoms with van der Waals surface area (Å²) in [6.07, 6.45) is 0. The first-order valence-corrected chi connectivity index (χ1v) is 10.3. The summed E-state index contributed by atoms with van der Waals surface area (Å²) < 4.78 is 8.05. The van der Waals surface area contributed by atoms with Gasteiger partial charge in [-0.05, 0) is 49.2 Å². The van der Waals surface area contributed by atoms with E-state index in [1.165, 1.54) is 0 Å². The third-order valence-electron chi connectivity index (χ3n) is 5.65. The van der Waals surface area contributed by atoms with Gasteiger partial charge in [0.2, 0.25) is 5.95 Å². The number of nitrogens with zero attached hydrogens (tertiary/aromatic N) is 2. The van der Waals surface area contributed by atoms with E-state index in [-0.39, 0.29) is 11.8 Å². The molecule has 0 saturated carbocycles. The van der Waals surface area contributed by atoms with E-state index in [9.17, 15) is 4.79 Å². The smallest absolute Gasteiger partial charge is 0.209 e. The first-order valence-electron chi connectivity index (χ1n) is 10.3. The van der Waals surface area contributed by atoms with E-state index in [0.717, 1.165) is 45.1 Å². The van der Waals surface area contributed by atoms with Gasteiger partial charge in [-0.2, -0.15) is 0 Å². The summed E-state index contributed by atoms with van der Waals surface area (Å²) in [7, 11) is 0. The number of ether oxygens (including phenoxy) is 1. The molecule has 154 valence electrons. The number of nitrogens with one attached hydrogen (secondary N) is 1. The zero-order valence-corrected chi connectivity index (χ0v) is 17.5. The third-order valence-corrected chi connectivity index (χ3v) is 5.65. The lowest BCUT2D eigenvalue weighted by atomic mass is 9.92. The molecular formula is C26H23N3O2. The fourth-order valence-corrected chi connectivity index (χ4v) is 4.22. The number of benzene rings is 3. The van der Waals surface area contributed by atoms with Gasteiger partial charge < -0.3 is 10.1 Å². The molecule has 3 aromatic carbocycles. The highest BCUT2D eigenvalue weighted by atomic mass is 16.5. The van der Waals surface area contributed by atoms with Gasteiger partial charge in [0.05, 0.1) is 17.1 Å². The molecule has 0 aliphatic carbocycles. The Kier molecular flexibility index (Phi) is 4.79. The molecule has 0 amide bonds. The van der Waals surface area contributed by atoms with Crippen molar-refractivity contribution in [2.75, 3.05) is 5.32 Å². The van der Waals surface area contributed by atoms with Gasteiger partial charge in [0.1, 0.15) is 12.4 Å². The molecule has 1 aliphatic rings. The largest absolute Gasteiger partial charge is 0.489 e. The van der Waals surface area contributed by atoms with E-state index in [4.69, 9.17) is 9.72 Å². The van der Waals surface area contributed by atoms with E-state index >= 15 is 0 Å². The Bertz CT molecular complexity index is 1290. The molecule has 5 rings (SSSR count). The van der Waals surface area contributed by atoms with E-state index in [1.807, 2.05) is 85.8 Å². The van der Waals surface area contributed by atoms with Crippen LogP contribution >= 0.6 is 0 Å². The molecule has 0 unspecified atom stereocenters. The number of allylic oxidation sites excluding steroid dienone is 2. The molecule has 5 nitrogen and oxygen atoms in total. The fourth-order valence-electron chi connectivity index (χ4n) is 4.22. The third kappa shape index (κ3) is 3.48. The number of ketones is 1. The standard InChI is InChI=1S/C26H23N3O2/c1-17-24(18(2)30)25(29-23-11-7-6-10-22(23)28-26(29)27-17)20-12-14-21(15-13-20)31-16-19-8-4-3-5-9-19/h3-15,25H,16H2,1-2H3,(H,27,28)/t25-/m1/s1. The SMILES string of the molecule is CC(=O)C1=C(C)Nc2nc3ccccc3n2[C@@H]1c1ccc(OCc2ccccc2)cc1. The number of Topliss-reactive ketones (excluding diaryl/α,β-unsaturated/α-hetero) is 1. The number of hydrogen-bond donors (Lipinski definition) is 1. The number of carbonyl (C=O) groups is 1. The van der Waals surface area contributed by atoms with Gasteiger partial charge in [-0.1, -0.05) is 54.6 Å². The molecule has 31 heavy (non-hydrogen) atoms. The molecular weight excluding hydrogens is 386 g/mol. The topological polar surface area (TPSA) is 56.2 Å². The predicted molar refractivity (Wildman–Crippen MR) is 122 cm³/mol. The Morgan fingerprint density at radius 2 is 1.71 bits per heavy atom. The fraction of sp³-hybridized carbons (Fsp3) is 0.154. The molecule has 0 radical (unpaired) electrons. The maximum Gasteiger partial charge on any atom is 0.209 e. The second-order valence-corrected chi connectivity index (χ2v) is 7.76. The predicted octanol–water partition coefficient (Wildman–Crippen LogP) is 5.49. The first kappa shape index (κ1) is 19.1. The van der Waals surface area contributed by atoms with Crippen LogP contribution in [0.25, 0.3) is 11.0 Å². The lowest BCUT2D eigenvalue weighted by Gasteiger charge is -2.30. The summed E-state index contributed by atoms with van der Waals surface area (Å²) in [6.45, 7) is 4.07. The Hall–Kier alpha value is -3.86. The molecule has 1 aromatic heterocycles. The molecule has 0 fully saturated rings.